The van der Waals surface area contributed by atoms with Gasteiger partial charge in [0.1, 0.15) is 5.82 Å². The molecule has 8 nitrogen and oxygen atoms in total. The number of carbonyl (C=O) groups is 2. The molecule has 0 bridgehead atoms. The highest BCUT2D eigenvalue weighted by molar-refractivity contribution is 5.98. The van der Waals surface area contributed by atoms with Crippen molar-refractivity contribution in [2.75, 3.05) is 41.7 Å². The van der Waals surface area contributed by atoms with E-state index in [0.717, 1.165) is 16.7 Å². The first-order valence-corrected chi connectivity index (χ1v) is 11.5. The summed E-state index contributed by atoms with van der Waals surface area (Å²) in [6.45, 7) is 0.328. The highest BCUT2D eigenvalue weighted by Crippen LogP contribution is 2.26. The quantitative estimate of drug-likeness (QED) is 0.396. The summed E-state index contributed by atoms with van der Waals surface area (Å²) in [6, 6.07) is 12.3. The fraction of sp³-hybridized carbons (Fsp3) is 0.240. The molecular formula is C25H23F5N6O2. The van der Waals surface area contributed by atoms with E-state index in [1.165, 1.54) is 24.4 Å². The molecular weight excluding hydrogens is 511 g/mol. The van der Waals surface area contributed by atoms with Crippen molar-refractivity contribution in [2.24, 2.45) is 5.73 Å². The monoisotopic (exact) mass is 534 g/mol. The standard InChI is InChI=1S/C25H23F5N6O2/c26-19-3-1-2-15(22(19)27)13-32-20-12-21(33-14-18(20)23(31)37)34-16-4-6-17(7-5-16)35-8-10-36(11-9-35)24(38)25(28,29)30/h1-7,12,14H,8-11,13H2,(H2,31,37)(H2,32,33,34). The largest absolute Gasteiger partial charge is 0.471 e. The number of halogens is 5. The van der Waals surface area contributed by atoms with Crippen LogP contribution in [-0.2, 0) is 11.3 Å². The summed E-state index contributed by atoms with van der Waals surface area (Å²) < 4.78 is 65.4. The lowest BCUT2D eigenvalue weighted by atomic mass is 10.1. The Bertz CT molecular complexity index is 1320. The number of hydrogen-bond acceptors (Lipinski definition) is 6. The highest BCUT2D eigenvalue weighted by Gasteiger charge is 2.43. The maximum Gasteiger partial charge on any atom is 0.471 e. The van der Waals surface area contributed by atoms with Crippen LogP contribution in [0.1, 0.15) is 15.9 Å². The van der Waals surface area contributed by atoms with Crippen LogP contribution in [0.5, 0.6) is 0 Å². The number of nitrogens with zero attached hydrogens (tertiary/aromatic N) is 3. The van der Waals surface area contributed by atoms with E-state index in [-0.39, 0.29) is 49.5 Å². The summed E-state index contributed by atoms with van der Waals surface area (Å²) in [5, 5.41) is 5.95. The molecule has 2 aromatic carbocycles. The van der Waals surface area contributed by atoms with Crippen LogP contribution < -0.4 is 21.3 Å². The Hall–Kier alpha value is -4.42. The van der Waals surface area contributed by atoms with Crippen molar-refractivity contribution in [1.29, 1.82) is 0 Å². The minimum atomic E-state index is -4.88. The Morgan fingerprint density at radius 3 is 2.32 bits per heavy atom. The average Bonchev–Trinajstić information content (AvgIpc) is 2.89. The SMILES string of the molecule is NC(=O)c1cnc(Nc2ccc(N3CCN(C(=O)C(F)(F)F)CC3)cc2)cc1NCc1cccc(F)c1F. The Kier molecular flexibility index (Phi) is 7.65. The van der Waals surface area contributed by atoms with Gasteiger partial charge in [-0.1, -0.05) is 12.1 Å². The molecule has 13 heteroatoms. The number of nitrogens with two attached hydrogens (primary N) is 1. The number of benzene rings is 2. The van der Waals surface area contributed by atoms with Crippen molar-refractivity contribution in [1.82, 2.24) is 9.88 Å². The number of primary amides is 1. The molecule has 2 heterocycles. The van der Waals surface area contributed by atoms with Crippen molar-refractivity contribution in [3.63, 3.8) is 0 Å². The second kappa shape index (κ2) is 10.9. The number of anilines is 4. The first-order chi connectivity index (χ1) is 18.0. The van der Waals surface area contributed by atoms with Crippen LogP contribution in [0, 0.1) is 11.6 Å². The predicted octanol–water partition coefficient (Wildman–Crippen LogP) is 4.03. The molecule has 4 rings (SSSR count). The third-order valence-electron chi connectivity index (χ3n) is 5.98. The third-order valence-corrected chi connectivity index (χ3v) is 5.98. The summed E-state index contributed by atoms with van der Waals surface area (Å²) >= 11 is 0. The minimum Gasteiger partial charge on any atom is -0.380 e. The molecule has 0 aliphatic carbocycles. The zero-order valence-corrected chi connectivity index (χ0v) is 19.9. The third kappa shape index (κ3) is 6.10. The molecule has 0 unspecified atom stereocenters. The molecule has 0 atom stereocenters. The average molecular weight is 534 g/mol. The summed E-state index contributed by atoms with van der Waals surface area (Å²) in [5.41, 5.74) is 7.20. The first-order valence-electron chi connectivity index (χ1n) is 11.5. The van der Waals surface area contributed by atoms with Gasteiger partial charge in [-0.25, -0.2) is 13.8 Å². The van der Waals surface area contributed by atoms with E-state index in [1.54, 1.807) is 24.3 Å². The van der Waals surface area contributed by atoms with E-state index in [9.17, 15) is 31.5 Å². The normalized spacial score (nSPS) is 13.8. The van der Waals surface area contributed by atoms with Gasteiger partial charge in [-0.3, -0.25) is 9.59 Å². The lowest BCUT2D eigenvalue weighted by Gasteiger charge is -2.36. The molecule has 4 N–H and O–H groups in total. The van der Waals surface area contributed by atoms with Crippen molar-refractivity contribution in [3.8, 4) is 0 Å². The summed E-state index contributed by atoms with van der Waals surface area (Å²) in [7, 11) is 0. The number of alkyl halides is 3. The molecule has 3 aromatic rings. The number of pyridine rings is 1. The Morgan fingerprint density at radius 1 is 1.00 bits per heavy atom. The van der Waals surface area contributed by atoms with Gasteiger partial charge in [0.2, 0.25) is 0 Å². The molecule has 38 heavy (non-hydrogen) atoms. The van der Waals surface area contributed by atoms with Crippen LogP contribution in [0.3, 0.4) is 0 Å². The molecule has 1 aliphatic rings. The van der Waals surface area contributed by atoms with Crippen LogP contribution in [-0.4, -0.2) is 54.1 Å². The molecule has 1 saturated heterocycles. The molecule has 1 aromatic heterocycles. The van der Waals surface area contributed by atoms with Gasteiger partial charge in [0.25, 0.3) is 5.91 Å². The van der Waals surface area contributed by atoms with Crippen LogP contribution in [0.4, 0.5) is 44.8 Å². The van der Waals surface area contributed by atoms with E-state index < -0.39 is 29.6 Å². The number of piperazine rings is 1. The van der Waals surface area contributed by atoms with Gasteiger partial charge in [-0.15, -0.1) is 0 Å². The molecule has 0 saturated carbocycles. The van der Waals surface area contributed by atoms with Crippen LogP contribution in [0.2, 0.25) is 0 Å². The van der Waals surface area contributed by atoms with Gasteiger partial charge in [0.05, 0.1) is 11.3 Å². The summed E-state index contributed by atoms with van der Waals surface area (Å²) in [4.78, 5) is 30.1. The Labute approximate surface area is 214 Å². The van der Waals surface area contributed by atoms with Crippen molar-refractivity contribution in [2.45, 2.75) is 12.7 Å². The van der Waals surface area contributed by atoms with Crippen molar-refractivity contribution < 1.29 is 31.5 Å². The van der Waals surface area contributed by atoms with Crippen LogP contribution in [0.25, 0.3) is 0 Å². The lowest BCUT2D eigenvalue weighted by Crippen LogP contribution is -2.52. The lowest BCUT2D eigenvalue weighted by molar-refractivity contribution is -0.185. The highest BCUT2D eigenvalue weighted by atomic mass is 19.4. The maximum atomic E-state index is 14.0. The number of aromatic nitrogens is 1. The van der Waals surface area contributed by atoms with Gasteiger partial charge in [0, 0.05) is 61.9 Å². The smallest absolute Gasteiger partial charge is 0.380 e. The number of amides is 2. The van der Waals surface area contributed by atoms with Gasteiger partial charge in [-0.2, -0.15) is 13.2 Å². The second-order valence-corrected chi connectivity index (χ2v) is 8.49. The fourth-order valence-electron chi connectivity index (χ4n) is 3.99. The maximum absolute atomic E-state index is 14.0. The molecule has 0 radical (unpaired) electrons. The Balaban J connectivity index is 1.41. The first kappa shape index (κ1) is 26.6. The van der Waals surface area contributed by atoms with Crippen LogP contribution in [0.15, 0.2) is 54.7 Å². The second-order valence-electron chi connectivity index (χ2n) is 8.49. The van der Waals surface area contributed by atoms with Crippen molar-refractivity contribution in [3.05, 3.63) is 77.5 Å². The van der Waals surface area contributed by atoms with Gasteiger partial charge >= 0.3 is 12.1 Å². The van der Waals surface area contributed by atoms with E-state index in [2.05, 4.69) is 15.6 Å². The molecule has 200 valence electrons. The molecule has 2 amide bonds. The fourth-order valence-corrected chi connectivity index (χ4v) is 3.99. The van der Waals surface area contributed by atoms with E-state index >= 15 is 0 Å². The molecule has 0 spiro atoms. The zero-order valence-electron chi connectivity index (χ0n) is 19.9. The van der Waals surface area contributed by atoms with Crippen molar-refractivity contribution >= 4 is 34.7 Å². The van der Waals surface area contributed by atoms with E-state index in [4.69, 9.17) is 5.73 Å². The van der Waals surface area contributed by atoms with Crippen LogP contribution >= 0.6 is 0 Å². The van der Waals surface area contributed by atoms with Gasteiger partial charge in [-0.05, 0) is 30.3 Å². The zero-order chi connectivity index (χ0) is 27.4. The van der Waals surface area contributed by atoms with E-state index in [1.807, 2.05) is 4.90 Å². The predicted molar refractivity (Wildman–Crippen MR) is 131 cm³/mol. The minimum absolute atomic E-state index is 0.0379. The number of rotatable bonds is 7. The van der Waals surface area contributed by atoms with Gasteiger partial charge < -0.3 is 26.2 Å². The number of nitrogens with one attached hydrogen (secondary N) is 2. The summed E-state index contributed by atoms with van der Waals surface area (Å²) in [5.74, 6) is -4.24. The molecule has 1 fully saturated rings. The number of carbonyl (C=O) groups excluding carboxylic acids is 2. The van der Waals surface area contributed by atoms with Gasteiger partial charge in [0.15, 0.2) is 11.6 Å². The molecule has 1 aliphatic heterocycles. The van der Waals surface area contributed by atoms with E-state index in [0.29, 0.717) is 11.5 Å². The summed E-state index contributed by atoms with van der Waals surface area (Å²) in [6.07, 6.45) is -3.63. The number of hydrogen-bond donors (Lipinski definition) is 3. The Morgan fingerprint density at radius 2 is 1.68 bits per heavy atom. The topological polar surface area (TPSA) is 104 Å².